The largest absolute Gasteiger partial charge is 0.493 e. The minimum absolute atomic E-state index is 0.201. The van der Waals surface area contributed by atoms with Gasteiger partial charge >= 0.3 is 0 Å². The molecule has 174 valence electrons. The lowest BCUT2D eigenvalue weighted by atomic mass is 10.2. The van der Waals surface area contributed by atoms with Crippen LogP contribution in [-0.4, -0.2) is 29.8 Å². The Balaban J connectivity index is 1.43. The molecule has 0 amide bonds. The summed E-state index contributed by atoms with van der Waals surface area (Å²) in [6, 6.07) is 6.66. The Morgan fingerprint density at radius 2 is 2.03 bits per heavy atom. The number of benzene rings is 2. The van der Waals surface area contributed by atoms with Gasteiger partial charge in [-0.2, -0.15) is 5.10 Å². The maximum Gasteiger partial charge on any atom is 0.264 e. The number of sulfonamides is 1. The van der Waals surface area contributed by atoms with E-state index >= 15 is 0 Å². The standard InChI is InChI=1S/C22H21Cl2FN4O3S/c1-2-29-13-14(11-27-29)4-3-9-32-15-5-8-20(18(25)10-15)33(30,31)28-19-7-6-16(23)21-17(24)12-26-22(19)21/h5-8,10-13,26,28H,2-4,9H2,1H3. The Morgan fingerprint density at radius 3 is 2.76 bits per heavy atom. The first-order chi connectivity index (χ1) is 15.8. The Kier molecular flexibility index (Phi) is 6.83. The summed E-state index contributed by atoms with van der Waals surface area (Å²) in [5.74, 6) is -0.667. The summed E-state index contributed by atoms with van der Waals surface area (Å²) in [7, 11) is -4.21. The van der Waals surface area contributed by atoms with Crippen molar-refractivity contribution in [1.29, 1.82) is 0 Å². The van der Waals surface area contributed by atoms with Gasteiger partial charge in [0.25, 0.3) is 10.0 Å². The van der Waals surface area contributed by atoms with E-state index in [0.29, 0.717) is 34.0 Å². The second-order valence-corrected chi connectivity index (χ2v) is 9.80. The molecule has 0 atom stereocenters. The predicted octanol–water partition coefficient (Wildman–Crippen LogP) is 5.64. The highest BCUT2D eigenvalue weighted by Crippen LogP contribution is 2.35. The van der Waals surface area contributed by atoms with Crippen molar-refractivity contribution in [1.82, 2.24) is 14.8 Å². The van der Waals surface area contributed by atoms with Gasteiger partial charge in [0.15, 0.2) is 0 Å². The summed E-state index contributed by atoms with van der Waals surface area (Å²) in [5.41, 5.74) is 1.70. The van der Waals surface area contributed by atoms with Crippen LogP contribution in [0.2, 0.25) is 10.0 Å². The molecule has 2 heterocycles. The van der Waals surface area contributed by atoms with Crippen molar-refractivity contribution in [3.05, 3.63) is 70.3 Å². The number of H-pyrrole nitrogens is 1. The van der Waals surface area contributed by atoms with Crippen molar-refractivity contribution in [2.45, 2.75) is 31.2 Å². The van der Waals surface area contributed by atoms with Crippen LogP contribution in [0.4, 0.5) is 10.1 Å². The molecule has 0 fully saturated rings. The van der Waals surface area contributed by atoms with E-state index in [1.165, 1.54) is 30.5 Å². The number of rotatable bonds is 9. The van der Waals surface area contributed by atoms with Crippen molar-refractivity contribution in [2.24, 2.45) is 0 Å². The number of aromatic nitrogens is 3. The summed E-state index contributed by atoms with van der Waals surface area (Å²) in [4.78, 5) is 2.38. The Hall–Kier alpha value is -2.75. The molecule has 7 nitrogen and oxygen atoms in total. The van der Waals surface area contributed by atoms with Gasteiger partial charge in [0, 0.05) is 30.4 Å². The zero-order chi connectivity index (χ0) is 23.6. The normalized spacial score (nSPS) is 11.8. The summed E-state index contributed by atoms with van der Waals surface area (Å²) < 4.78 is 50.2. The lowest BCUT2D eigenvalue weighted by molar-refractivity contribution is 0.309. The van der Waals surface area contributed by atoms with Crippen LogP contribution in [0.15, 0.2) is 53.8 Å². The van der Waals surface area contributed by atoms with Gasteiger partial charge in [0.05, 0.1) is 34.1 Å². The van der Waals surface area contributed by atoms with Crippen LogP contribution in [0.25, 0.3) is 10.9 Å². The molecule has 2 aromatic carbocycles. The van der Waals surface area contributed by atoms with Crippen LogP contribution in [0.3, 0.4) is 0 Å². The van der Waals surface area contributed by atoms with Crippen LogP contribution in [0.1, 0.15) is 18.9 Å². The van der Waals surface area contributed by atoms with Gasteiger partial charge in [0.2, 0.25) is 0 Å². The van der Waals surface area contributed by atoms with Crippen LogP contribution in [-0.2, 0) is 23.0 Å². The molecule has 0 bridgehead atoms. The van der Waals surface area contributed by atoms with Crippen LogP contribution < -0.4 is 9.46 Å². The Labute approximate surface area is 200 Å². The monoisotopic (exact) mass is 510 g/mol. The van der Waals surface area contributed by atoms with Crippen LogP contribution in [0.5, 0.6) is 5.75 Å². The number of aromatic amines is 1. The fourth-order valence-electron chi connectivity index (χ4n) is 3.42. The molecule has 33 heavy (non-hydrogen) atoms. The molecule has 0 radical (unpaired) electrons. The zero-order valence-corrected chi connectivity index (χ0v) is 19.9. The van der Waals surface area contributed by atoms with Gasteiger partial charge in [-0.3, -0.25) is 9.40 Å². The molecular formula is C22H21Cl2FN4O3S. The van der Waals surface area contributed by atoms with Crippen molar-refractivity contribution >= 4 is 49.8 Å². The third kappa shape index (κ3) is 5.10. The number of anilines is 1. The third-order valence-electron chi connectivity index (χ3n) is 5.06. The Bertz CT molecular complexity index is 1400. The lowest BCUT2D eigenvalue weighted by Gasteiger charge is -2.12. The second-order valence-electron chi connectivity index (χ2n) is 7.34. The smallest absolute Gasteiger partial charge is 0.264 e. The molecular weight excluding hydrogens is 490 g/mol. The number of ether oxygens (including phenoxy) is 1. The molecule has 4 rings (SSSR count). The lowest BCUT2D eigenvalue weighted by Crippen LogP contribution is -2.15. The number of hydrogen-bond acceptors (Lipinski definition) is 4. The number of halogens is 3. The fraction of sp³-hybridized carbons (Fsp3) is 0.227. The van der Waals surface area contributed by atoms with E-state index in [4.69, 9.17) is 27.9 Å². The summed E-state index contributed by atoms with van der Waals surface area (Å²) in [6.07, 6.45) is 6.77. The first-order valence-electron chi connectivity index (χ1n) is 10.2. The van der Waals surface area contributed by atoms with Gasteiger partial charge in [0.1, 0.15) is 16.5 Å². The van der Waals surface area contributed by atoms with Crippen molar-refractivity contribution in [3.8, 4) is 5.75 Å². The summed E-state index contributed by atoms with van der Waals surface area (Å²) >= 11 is 12.2. The van der Waals surface area contributed by atoms with Gasteiger partial charge in [-0.25, -0.2) is 12.8 Å². The second kappa shape index (κ2) is 9.62. The third-order valence-corrected chi connectivity index (χ3v) is 7.07. The minimum atomic E-state index is -4.21. The number of nitrogens with zero attached hydrogens (tertiary/aromatic N) is 2. The zero-order valence-electron chi connectivity index (χ0n) is 17.6. The van der Waals surface area contributed by atoms with E-state index in [1.54, 1.807) is 0 Å². The average molecular weight is 511 g/mol. The van der Waals surface area contributed by atoms with Gasteiger partial charge in [-0.1, -0.05) is 23.2 Å². The fourth-order valence-corrected chi connectivity index (χ4v) is 5.11. The number of hydrogen-bond donors (Lipinski definition) is 2. The average Bonchev–Trinajstić information content (AvgIpc) is 3.40. The molecule has 0 spiro atoms. The highest BCUT2D eigenvalue weighted by Gasteiger charge is 2.22. The van der Waals surface area contributed by atoms with E-state index in [0.717, 1.165) is 24.6 Å². The molecule has 0 saturated heterocycles. The van der Waals surface area contributed by atoms with E-state index in [9.17, 15) is 12.8 Å². The SMILES string of the molecule is CCn1cc(CCCOc2ccc(S(=O)(=O)Nc3ccc(Cl)c4c(Cl)c[nH]c34)c(F)c2)cn1. The molecule has 0 saturated carbocycles. The first kappa shape index (κ1) is 23.4. The molecule has 2 N–H and O–H groups in total. The highest BCUT2D eigenvalue weighted by atomic mass is 35.5. The molecule has 4 aromatic rings. The maximum absolute atomic E-state index is 14.7. The van der Waals surface area contributed by atoms with E-state index in [-0.39, 0.29) is 11.4 Å². The first-order valence-corrected chi connectivity index (χ1v) is 12.4. The topological polar surface area (TPSA) is 89.0 Å². The molecule has 0 aliphatic rings. The quantitative estimate of drug-likeness (QED) is 0.285. The van der Waals surface area contributed by atoms with Crippen LogP contribution in [0, 0.1) is 5.82 Å². The maximum atomic E-state index is 14.7. The Morgan fingerprint density at radius 1 is 1.21 bits per heavy atom. The molecule has 0 aliphatic heterocycles. The van der Waals surface area contributed by atoms with Gasteiger partial charge in [-0.15, -0.1) is 0 Å². The summed E-state index contributed by atoms with van der Waals surface area (Å²) in [5, 5.41) is 5.41. The molecule has 11 heteroatoms. The van der Waals surface area contributed by atoms with Crippen LogP contribution >= 0.6 is 23.2 Å². The number of aryl methyl sites for hydroxylation is 2. The molecule has 2 aromatic heterocycles. The van der Waals surface area contributed by atoms with Crippen molar-refractivity contribution in [3.63, 3.8) is 0 Å². The predicted molar refractivity (Wildman–Crippen MR) is 127 cm³/mol. The number of fused-ring (bicyclic) bond motifs is 1. The van der Waals surface area contributed by atoms with Crippen molar-refractivity contribution in [2.75, 3.05) is 11.3 Å². The summed E-state index contributed by atoms with van der Waals surface area (Å²) in [6.45, 7) is 3.18. The minimum Gasteiger partial charge on any atom is -0.493 e. The van der Waals surface area contributed by atoms with E-state index < -0.39 is 20.7 Å². The van der Waals surface area contributed by atoms with Gasteiger partial charge in [-0.05, 0) is 49.6 Å². The van der Waals surface area contributed by atoms with Gasteiger partial charge < -0.3 is 9.72 Å². The molecule has 0 aliphatic carbocycles. The molecule has 0 unspecified atom stereocenters. The van der Waals surface area contributed by atoms with E-state index in [2.05, 4.69) is 14.8 Å². The van der Waals surface area contributed by atoms with E-state index in [1.807, 2.05) is 24.0 Å². The number of nitrogens with one attached hydrogen (secondary N) is 2. The van der Waals surface area contributed by atoms with Crippen molar-refractivity contribution < 1.29 is 17.5 Å². The highest BCUT2D eigenvalue weighted by molar-refractivity contribution is 7.92.